The summed E-state index contributed by atoms with van der Waals surface area (Å²) in [7, 11) is 2.00. The molecule has 0 N–H and O–H groups in total. The number of imidazole rings is 1. The Bertz CT molecular complexity index is 1820. The van der Waals surface area contributed by atoms with Crippen LogP contribution >= 0.6 is 0 Å². The van der Waals surface area contributed by atoms with Gasteiger partial charge in [-0.25, -0.2) is 4.98 Å². The van der Waals surface area contributed by atoms with Gasteiger partial charge in [0, 0.05) is 36.6 Å². The van der Waals surface area contributed by atoms with Gasteiger partial charge in [0.1, 0.15) is 17.3 Å². The first kappa shape index (κ1) is 25.0. The first-order valence-corrected chi connectivity index (χ1v) is 14.0. The molecule has 0 saturated heterocycles. The Balaban J connectivity index is 1.43. The van der Waals surface area contributed by atoms with Gasteiger partial charge >= 0.3 is 0 Å². The van der Waals surface area contributed by atoms with Crippen LogP contribution in [0.5, 0.6) is 11.5 Å². The van der Waals surface area contributed by atoms with E-state index in [1.54, 1.807) is 0 Å². The van der Waals surface area contributed by atoms with Crippen LogP contribution < -0.4 is 4.74 Å². The molecule has 0 spiro atoms. The van der Waals surface area contributed by atoms with Crippen molar-refractivity contribution >= 4 is 0 Å². The number of rotatable bonds is 5. The highest BCUT2D eigenvalue weighted by Crippen LogP contribution is 2.55. The van der Waals surface area contributed by atoms with Gasteiger partial charge in [0.15, 0.2) is 0 Å². The number of nitrogens with zero attached hydrogens (tertiary/aromatic N) is 3. The molecular weight excluding hydrogens is 502 g/mol. The summed E-state index contributed by atoms with van der Waals surface area (Å²) in [4.78, 5) is 9.52. The molecule has 2 heterocycles. The van der Waals surface area contributed by atoms with Gasteiger partial charge in [0.05, 0.1) is 11.1 Å². The first-order chi connectivity index (χ1) is 20.0. The molecule has 0 saturated carbocycles. The molecule has 0 atom stereocenters. The summed E-state index contributed by atoms with van der Waals surface area (Å²) in [6.45, 7) is 4.64. The number of benzene rings is 4. The maximum Gasteiger partial charge on any atom is 0.139 e. The molecule has 1 aliphatic carbocycles. The van der Waals surface area contributed by atoms with Crippen molar-refractivity contribution in [2.24, 2.45) is 7.05 Å². The van der Waals surface area contributed by atoms with Gasteiger partial charge in [0.2, 0.25) is 0 Å². The van der Waals surface area contributed by atoms with Gasteiger partial charge in [-0.1, -0.05) is 92.7 Å². The predicted octanol–water partition coefficient (Wildman–Crippen LogP) is 8.30. The van der Waals surface area contributed by atoms with Gasteiger partial charge in [-0.05, 0) is 64.2 Å². The minimum Gasteiger partial charge on any atom is -0.457 e. The third kappa shape index (κ3) is 3.90. The number of pyridine rings is 1. The van der Waals surface area contributed by atoms with Crippen molar-refractivity contribution in [3.05, 3.63) is 167 Å². The zero-order chi connectivity index (χ0) is 28.0. The SMILES string of the molecule is Cn1ccnc1-c1cccc(Oc2cccc(C3(c4ccccn4)c4ccccc4C(C)(C)c4ccccc43)c2)c1. The van der Waals surface area contributed by atoms with Crippen LogP contribution in [0.2, 0.25) is 0 Å². The van der Waals surface area contributed by atoms with Crippen molar-refractivity contribution in [3.63, 3.8) is 0 Å². The molecule has 4 aromatic carbocycles. The van der Waals surface area contributed by atoms with Crippen LogP contribution in [0.25, 0.3) is 11.4 Å². The molecule has 4 nitrogen and oxygen atoms in total. The van der Waals surface area contributed by atoms with Crippen molar-refractivity contribution in [3.8, 4) is 22.9 Å². The second kappa shape index (κ2) is 9.60. The monoisotopic (exact) mass is 533 g/mol. The summed E-state index contributed by atoms with van der Waals surface area (Å²) < 4.78 is 8.54. The smallest absolute Gasteiger partial charge is 0.139 e. The van der Waals surface area contributed by atoms with Gasteiger partial charge in [-0.2, -0.15) is 0 Å². The van der Waals surface area contributed by atoms with Crippen LogP contribution in [0.3, 0.4) is 0 Å². The van der Waals surface area contributed by atoms with Crippen molar-refractivity contribution in [2.45, 2.75) is 24.7 Å². The van der Waals surface area contributed by atoms with Gasteiger partial charge < -0.3 is 9.30 Å². The summed E-state index contributed by atoms with van der Waals surface area (Å²) in [5, 5.41) is 0. The minimum absolute atomic E-state index is 0.162. The number of aryl methyl sites for hydroxylation is 1. The molecule has 41 heavy (non-hydrogen) atoms. The molecule has 0 radical (unpaired) electrons. The largest absolute Gasteiger partial charge is 0.457 e. The van der Waals surface area contributed by atoms with E-state index < -0.39 is 5.41 Å². The number of fused-ring (bicyclic) bond motifs is 2. The van der Waals surface area contributed by atoms with Crippen molar-refractivity contribution in [2.75, 3.05) is 0 Å². The van der Waals surface area contributed by atoms with Crippen LogP contribution in [0.4, 0.5) is 0 Å². The average Bonchev–Trinajstić information content (AvgIpc) is 3.44. The molecule has 1 aliphatic rings. The van der Waals surface area contributed by atoms with Gasteiger partial charge in [-0.15, -0.1) is 0 Å². The highest BCUT2D eigenvalue weighted by atomic mass is 16.5. The fourth-order valence-electron chi connectivity index (χ4n) is 6.59. The van der Waals surface area contributed by atoms with E-state index in [1.807, 2.05) is 60.5 Å². The van der Waals surface area contributed by atoms with Gasteiger partial charge in [0.25, 0.3) is 0 Å². The summed E-state index contributed by atoms with van der Waals surface area (Å²) >= 11 is 0. The lowest BCUT2D eigenvalue weighted by Gasteiger charge is -2.47. The van der Waals surface area contributed by atoms with E-state index in [9.17, 15) is 0 Å². The highest BCUT2D eigenvalue weighted by molar-refractivity contribution is 5.69. The molecule has 0 unspecified atom stereocenters. The third-order valence-corrected chi connectivity index (χ3v) is 8.47. The van der Waals surface area contributed by atoms with Crippen molar-refractivity contribution in [1.82, 2.24) is 14.5 Å². The van der Waals surface area contributed by atoms with Crippen LogP contribution in [0, 0.1) is 0 Å². The van der Waals surface area contributed by atoms with E-state index in [0.717, 1.165) is 34.1 Å². The van der Waals surface area contributed by atoms with E-state index in [-0.39, 0.29) is 5.41 Å². The average molecular weight is 534 g/mol. The second-order valence-corrected chi connectivity index (χ2v) is 11.2. The number of ether oxygens (including phenoxy) is 1. The predicted molar refractivity (Wildman–Crippen MR) is 163 cm³/mol. The Labute approximate surface area is 241 Å². The Morgan fingerprint density at radius 2 is 1.24 bits per heavy atom. The highest BCUT2D eigenvalue weighted by Gasteiger charge is 2.49. The molecule has 0 amide bonds. The number of hydrogen-bond donors (Lipinski definition) is 0. The van der Waals surface area contributed by atoms with Gasteiger partial charge in [-0.3, -0.25) is 4.98 Å². The quantitative estimate of drug-likeness (QED) is 0.224. The van der Waals surface area contributed by atoms with E-state index in [2.05, 4.69) is 104 Å². The Morgan fingerprint density at radius 1 is 0.610 bits per heavy atom. The zero-order valence-electron chi connectivity index (χ0n) is 23.5. The summed E-state index contributed by atoms with van der Waals surface area (Å²) in [6, 6.07) is 40.4. The zero-order valence-corrected chi connectivity index (χ0v) is 23.5. The molecule has 6 aromatic rings. The lowest BCUT2D eigenvalue weighted by atomic mass is 9.55. The van der Waals surface area contributed by atoms with E-state index in [1.165, 1.54) is 22.3 Å². The van der Waals surface area contributed by atoms with E-state index in [4.69, 9.17) is 9.72 Å². The van der Waals surface area contributed by atoms with Crippen LogP contribution in [-0.4, -0.2) is 14.5 Å². The standard InChI is InChI=1S/C37H31N3O/c1-36(2)30-16-4-6-18-32(30)37(34-20-8-9-21-38-34,33-19-7-5-17-31(33)36)27-13-11-15-29(25-27)41-28-14-10-12-26(24-28)35-39-22-23-40(35)3/h4-25H,1-3H3. The maximum atomic E-state index is 6.53. The molecule has 0 fully saturated rings. The lowest BCUT2D eigenvalue weighted by molar-refractivity contribution is 0.480. The molecule has 4 heteroatoms. The minimum atomic E-state index is -0.613. The molecule has 7 rings (SSSR count). The number of hydrogen-bond acceptors (Lipinski definition) is 3. The van der Waals surface area contributed by atoms with Crippen molar-refractivity contribution in [1.29, 1.82) is 0 Å². The lowest BCUT2D eigenvalue weighted by Crippen LogP contribution is -2.42. The van der Waals surface area contributed by atoms with Crippen LogP contribution in [0.1, 0.15) is 47.4 Å². The third-order valence-electron chi connectivity index (χ3n) is 8.47. The fourth-order valence-corrected chi connectivity index (χ4v) is 6.59. The Kier molecular flexibility index (Phi) is 5.86. The summed E-state index contributed by atoms with van der Waals surface area (Å²) in [6.07, 6.45) is 5.65. The summed E-state index contributed by atoms with van der Waals surface area (Å²) in [5.41, 5.74) is 7.44. The molecule has 200 valence electrons. The second-order valence-electron chi connectivity index (χ2n) is 11.2. The topological polar surface area (TPSA) is 39.9 Å². The Morgan fingerprint density at radius 3 is 1.88 bits per heavy atom. The maximum absolute atomic E-state index is 6.53. The Hall–Kier alpha value is -4.96. The fraction of sp³-hybridized carbons (Fsp3) is 0.135. The molecular formula is C37H31N3O. The van der Waals surface area contributed by atoms with E-state index >= 15 is 0 Å². The molecule has 0 bridgehead atoms. The first-order valence-electron chi connectivity index (χ1n) is 14.0. The molecule has 2 aromatic heterocycles. The van der Waals surface area contributed by atoms with Crippen LogP contribution in [0.15, 0.2) is 134 Å². The van der Waals surface area contributed by atoms with E-state index in [0.29, 0.717) is 0 Å². The van der Waals surface area contributed by atoms with Crippen molar-refractivity contribution < 1.29 is 4.74 Å². The van der Waals surface area contributed by atoms with Crippen LogP contribution in [-0.2, 0) is 17.9 Å². The normalized spacial score (nSPS) is 14.6. The molecule has 0 aliphatic heterocycles. The number of aromatic nitrogens is 3. The summed E-state index contributed by atoms with van der Waals surface area (Å²) in [5.74, 6) is 2.44.